The molecule has 0 heterocycles. The maximum absolute atomic E-state index is 12.0. The summed E-state index contributed by atoms with van der Waals surface area (Å²) in [6.45, 7) is 9.03. The van der Waals surface area contributed by atoms with Crippen LogP contribution in [0.3, 0.4) is 0 Å². The first-order valence-corrected chi connectivity index (χ1v) is 9.93. The van der Waals surface area contributed by atoms with Gasteiger partial charge in [0.25, 0.3) is 0 Å². The summed E-state index contributed by atoms with van der Waals surface area (Å²) in [5.74, 6) is 5.61. The van der Waals surface area contributed by atoms with Crippen molar-refractivity contribution in [1.82, 2.24) is 4.90 Å². The van der Waals surface area contributed by atoms with Crippen LogP contribution in [-0.2, 0) is 4.79 Å². The molecular formula is C22H24Cl2N2O2. The molecule has 1 atom stereocenters. The number of benzene rings is 2. The predicted molar refractivity (Wildman–Crippen MR) is 116 cm³/mol. The van der Waals surface area contributed by atoms with E-state index < -0.39 is 5.91 Å². The molecule has 0 aliphatic rings. The van der Waals surface area contributed by atoms with Gasteiger partial charge in [-0.1, -0.05) is 43.0 Å². The summed E-state index contributed by atoms with van der Waals surface area (Å²) in [4.78, 5) is 14.3. The summed E-state index contributed by atoms with van der Waals surface area (Å²) in [6, 6.07) is 12.5. The van der Waals surface area contributed by atoms with E-state index in [2.05, 4.69) is 42.8 Å². The van der Waals surface area contributed by atoms with E-state index in [9.17, 15) is 4.79 Å². The van der Waals surface area contributed by atoms with E-state index in [1.165, 1.54) is 0 Å². The fourth-order valence-electron chi connectivity index (χ4n) is 2.68. The van der Waals surface area contributed by atoms with E-state index in [1.54, 1.807) is 30.3 Å². The average molecular weight is 419 g/mol. The zero-order valence-electron chi connectivity index (χ0n) is 16.3. The van der Waals surface area contributed by atoms with E-state index in [4.69, 9.17) is 27.9 Å². The molecule has 0 spiro atoms. The summed E-state index contributed by atoms with van der Waals surface area (Å²) in [7, 11) is 0. The molecule has 2 rings (SSSR count). The summed E-state index contributed by atoms with van der Waals surface area (Å²) >= 11 is 11.9. The third-order valence-corrected chi connectivity index (χ3v) is 4.83. The maximum Gasteiger partial charge on any atom is 0.300 e. The fourth-order valence-corrected chi connectivity index (χ4v) is 3.14. The standard InChI is InChI=1S/C22H24Cl2N2O2/c1-4-26(5-2)16(3)15-28-20-11-9-19(10-12-20)25-22(27)13-7-17-6-8-18(23)14-21(17)24/h6,8-12,14,16H,4-5,15H2,1-3H3,(H,25,27). The van der Waals surface area contributed by atoms with Crippen molar-refractivity contribution >= 4 is 34.8 Å². The molecule has 1 amide bonds. The number of nitrogens with one attached hydrogen (secondary N) is 1. The Balaban J connectivity index is 1.90. The monoisotopic (exact) mass is 418 g/mol. The van der Waals surface area contributed by atoms with Crippen molar-refractivity contribution in [2.45, 2.75) is 26.8 Å². The van der Waals surface area contributed by atoms with Crippen LogP contribution >= 0.6 is 23.2 Å². The number of nitrogens with zero attached hydrogens (tertiary/aromatic N) is 1. The van der Waals surface area contributed by atoms with Gasteiger partial charge in [-0.3, -0.25) is 9.69 Å². The van der Waals surface area contributed by atoms with Crippen LogP contribution in [0.1, 0.15) is 26.3 Å². The van der Waals surface area contributed by atoms with E-state index in [-0.39, 0.29) is 0 Å². The van der Waals surface area contributed by atoms with Gasteiger partial charge in [-0.25, -0.2) is 0 Å². The number of amides is 1. The third-order valence-electron chi connectivity index (χ3n) is 4.28. The lowest BCUT2D eigenvalue weighted by Gasteiger charge is -2.26. The first-order valence-electron chi connectivity index (χ1n) is 9.17. The van der Waals surface area contributed by atoms with Crippen molar-refractivity contribution in [2.24, 2.45) is 0 Å². The smallest absolute Gasteiger partial charge is 0.300 e. The van der Waals surface area contributed by atoms with Crippen LogP contribution in [0.15, 0.2) is 42.5 Å². The van der Waals surface area contributed by atoms with E-state index >= 15 is 0 Å². The minimum Gasteiger partial charge on any atom is -0.492 e. The lowest BCUT2D eigenvalue weighted by atomic mass is 10.2. The Morgan fingerprint density at radius 2 is 1.82 bits per heavy atom. The highest BCUT2D eigenvalue weighted by molar-refractivity contribution is 6.35. The Labute approximate surface area is 176 Å². The van der Waals surface area contributed by atoms with Crippen molar-refractivity contribution in [1.29, 1.82) is 0 Å². The largest absolute Gasteiger partial charge is 0.492 e. The topological polar surface area (TPSA) is 41.6 Å². The minimum absolute atomic E-state index is 0.337. The van der Waals surface area contributed by atoms with Gasteiger partial charge in [-0.15, -0.1) is 0 Å². The van der Waals surface area contributed by atoms with Gasteiger partial charge in [-0.05, 0) is 62.5 Å². The van der Waals surface area contributed by atoms with Crippen molar-refractivity contribution < 1.29 is 9.53 Å². The molecule has 0 fully saturated rings. The molecule has 0 aromatic heterocycles. The highest BCUT2D eigenvalue weighted by atomic mass is 35.5. The second kappa shape index (κ2) is 11.0. The van der Waals surface area contributed by atoms with Gasteiger partial charge < -0.3 is 10.1 Å². The number of hydrogen-bond donors (Lipinski definition) is 1. The molecule has 0 aliphatic carbocycles. The zero-order chi connectivity index (χ0) is 20.5. The second-order valence-corrected chi connectivity index (χ2v) is 7.08. The van der Waals surface area contributed by atoms with Gasteiger partial charge >= 0.3 is 5.91 Å². The second-order valence-electron chi connectivity index (χ2n) is 6.23. The van der Waals surface area contributed by atoms with Gasteiger partial charge in [0.05, 0.1) is 5.02 Å². The Morgan fingerprint density at radius 3 is 2.43 bits per heavy atom. The Morgan fingerprint density at radius 1 is 1.14 bits per heavy atom. The molecule has 2 aromatic rings. The maximum atomic E-state index is 12.0. The lowest BCUT2D eigenvalue weighted by molar-refractivity contribution is -0.111. The van der Waals surface area contributed by atoms with Crippen molar-refractivity contribution in [3.8, 4) is 17.6 Å². The number of rotatable bonds is 7. The highest BCUT2D eigenvalue weighted by Gasteiger charge is 2.10. The Kier molecular flexibility index (Phi) is 8.66. The van der Waals surface area contributed by atoms with Crippen LogP contribution in [0.25, 0.3) is 0 Å². The van der Waals surface area contributed by atoms with Crippen molar-refractivity contribution in [3.05, 3.63) is 58.1 Å². The SMILES string of the molecule is CCN(CC)C(C)COc1ccc(NC(=O)C#Cc2ccc(Cl)cc2Cl)cc1. The molecule has 0 saturated carbocycles. The van der Waals surface area contributed by atoms with Crippen molar-refractivity contribution in [2.75, 3.05) is 25.0 Å². The summed E-state index contributed by atoms with van der Waals surface area (Å²) in [5.41, 5.74) is 1.19. The molecule has 0 saturated heterocycles. The van der Waals surface area contributed by atoms with E-state index in [0.29, 0.717) is 33.9 Å². The first-order chi connectivity index (χ1) is 13.4. The number of ether oxygens (including phenoxy) is 1. The van der Waals surface area contributed by atoms with Crippen molar-refractivity contribution in [3.63, 3.8) is 0 Å². The van der Waals surface area contributed by atoms with Crippen LogP contribution in [-0.4, -0.2) is 36.5 Å². The predicted octanol–water partition coefficient (Wildman–Crippen LogP) is 5.09. The highest BCUT2D eigenvalue weighted by Crippen LogP contribution is 2.20. The molecule has 4 nitrogen and oxygen atoms in total. The van der Waals surface area contributed by atoms with Gasteiger partial charge in [0.15, 0.2) is 0 Å². The molecular weight excluding hydrogens is 395 g/mol. The number of likely N-dealkylation sites (N-methyl/N-ethyl adjacent to an activating group) is 1. The Hall–Kier alpha value is -2.19. The summed E-state index contributed by atoms with van der Waals surface area (Å²) < 4.78 is 5.83. The van der Waals surface area contributed by atoms with Gasteiger partial charge in [0, 0.05) is 28.2 Å². The molecule has 6 heteroatoms. The zero-order valence-corrected chi connectivity index (χ0v) is 17.8. The number of carbonyl (C=O) groups excluding carboxylic acids is 1. The van der Waals surface area contributed by atoms with Crippen LogP contribution in [0.2, 0.25) is 10.0 Å². The van der Waals surface area contributed by atoms with Crippen LogP contribution in [0, 0.1) is 11.8 Å². The quantitative estimate of drug-likeness (QED) is 0.636. The fraction of sp³-hybridized carbons (Fsp3) is 0.318. The van der Waals surface area contributed by atoms with Gasteiger partial charge in [0.1, 0.15) is 12.4 Å². The van der Waals surface area contributed by atoms with Gasteiger partial charge in [0.2, 0.25) is 0 Å². The molecule has 2 aromatic carbocycles. The number of halogens is 2. The molecule has 148 valence electrons. The molecule has 0 radical (unpaired) electrons. The number of anilines is 1. The molecule has 1 N–H and O–H groups in total. The summed E-state index contributed by atoms with van der Waals surface area (Å²) in [6.07, 6.45) is 0. The molecule has 0 aliphatic heterocycles. The van der Waals surface area contributed by atoms with Gasteiger partial charge in [-0.2, -0.15) is 0 Å². The van der Waals surface area contributed by atoms with Crippen LogP contribution in [0.5, 0.6) is 5.75 Å². The van der Waals surface area contributed by atoms with E-state index in [1.807, 2.05) is 12.1 Å². The Bertz CT molecular complexity index is 853. The van der Waals surface area contributed by atoms with Crippen LogP contribution < -0.4 is 10.1 Å². The first kappa shape index (κ1) is 22.1. The number of carbonyl (C=O) groups is 1. The molecule has 1 unspecified atom stereocenters. The normalized spacial score (nSPS) is 11.5. The lowest BCUT2D eigenvalue weighted by Crippen LogP contribution is -2.36. The van der Waals surface area contributed by atoms with E-state index in [0.717, 1.165) is 18.8 Å². The minimum atomic E-state index is -0.421. The number of hydrogen-bond acceptors (Lipinski definition) is 3. The average Bonchev–Trinajstić information content (AvgIpc) is 2.67. The molecule has 0 bridgehead atoms. The van der Waals surface area contributed by atoms with Crippen LogP contribution in [0.4, 0.5) is 5.69 Å². The third kappa shape index (κ3) is 6.76. The summed E-state index contributed by atoms with van der Waals surface area (Å²) in [5, 5.41) is 3.66. The molecule has 28 heavy (non-hydrogen) atoms.